The second kappa shape index (κ2) is 5.37. The molecular weight excluding hydrogens is 272 g/mol. The first-order chi connectivity index (χ1) is 7.56. The fourth-order valence-electron chi connectivity index (χ4n) is 0.959. The summed E-state index contributed by atoms with van der Waals surface area (Å²) in [6.45, 7) is 3.32. The van der Waals surface area contributed by atoms with Crippen LogP contribution in [0.3, 0.4) is 0 Å². The smallest absolute Gasteiger partial charge is 0.259 e. The third-order valence-corrected chi connectivity index (χ3v) is 2.52. The van der Waals surface area contributed by atoms with Gasteiger partial charge in [0.1, 0.15) is 0 Å². The van der Waals surface area contributed by atoms with Crippen molar-refractivity contribution in [1.82, 2.24) is 0 Å². The fraction of sp³-hybridized carbons (Fsp3) is 0. The minimum absolute atomic E-state index is 0.259. The minimum atomic E-state index is -0.704. The Morgan fingerprint density at radius 1 is 1.38 bits per heavy atom. The van der Waals surface area contributed by atoms with Gasteiger partial charge in [0.25, 0.3) is 5.91 Å². The molecule has 1 aromatic rings. The van der Waals surface area contributed by atoms with E-state index < -0.39 is 11.7 Å². The van der Waals surface area contributed by atoms with Crippen molar-refractivity contribution < 1.29 is 9.59 Å². The summed E-state index contributed by atoms with van der Waals surface area (Å²) in [5, 5.41) is 9.25. The number of amides is 1. The van der Waals surface area contributed by atoms with Gasteiger partial charge in [-0.1, -0.05) is 18.7 Å². The number of nitrogens with one attached hydrogen (secondary N) is 2. The molecule has 0 unspecified atom stereocenters. The molecular formula is C11H9BrN2O2. The van der Waals surface area contributed by atoms with Gasteiger partial charge in [-0.2, -0.15) is 0 Å². The van der Waals surface area contributed by atoms with Crippen LogP contribution in [0, 0.1) is 5.41 Å². The lowest BCUT2D eigenvalue weighted by atomic mass is 10.2. The van der Waals surface area contributed by atoms with Crippen molar-refractivity contribution in [2.45, 2.75) is 0 Å². The molecule has 0 aromatic heterocycles. The Morgan fingerprint density at radius 3 is 2.56 bits per heavy atom. The topological polar surface area (TPSA) is 70.0 Å². The van der Waals surface area contributed by atoms with Gasteiger partial charge in [-0.3, -0.25) is 9.59 Å². The van der Waals surface area contributed by atoms with Gasteiger partial charge in [0.2, 0.25) is 5.78 Å². The minimum Gasteiger partial charge on any atom is -0.321 e. The van der Waals surface area contributed by atoms with Crippen LogP contribution in [0.15, 0.2) is 40.9 Å². The Labute approximate surface area is 101 Å². The molecule has 0 bridgehead atoms. The third-order valence-electron chi connectivity index (χ3n) is 1.82. The predicted molar refractivity (Wildman–Crippen MR) is 65.7 cm³/mol. The zero-order valence-electron chi connectivity index (χ0n) is 8.29. The molecule has 0 saturated heterocycles. The highest BCUT2D eigenvalue weighted by Crippen LogP contribution is 2.21. The molecule has 0 fully saturated rings. The average molecular weight is 281 g/mol. The van der Waals surface area contributed by atoms with Crippen molar-refractivity contribution in [3.63, 3.8) is 0 Å². The summed E-state index contributed by atoms with van der Waals surface area (Å²) in [7, 11) is 0. The maximum Gasteiger partial charge on any atom is 0.259 e. The second-order valence-corrected chi connectivity index (χ2v) is 3.78. The fourth-order valence-corrected chi connectivity index (χ4v) is 1.34. The van der Waals surface area contributed by atoms with Crippen LogP contribution in [0.2, 0.25) is 0 Å². The van der Waals surface area contributed by atoms with E-state index >= 15 is 0 Å². The van der Waals surface area contributed by atoms with Crippen molar-refractivity contribution in [2.24, 2.45) is 0 Å². The highest BCUT2D eigenvalue weighted by molar-refractivity contribution is 9.10. The lowest BCUT2D eigenvalue weighted by Gasteiger charge is -2.06. The van der Waals surface area contributed by atoms with E-state index in [4.69, 9.17) is 5.41 Å². The van der Waals surface area contributed by atoms with Crippen LogP contribution in [0.4, 0.5) is 5.69 Å². The molecule has 1 aromatic carbocycles. The summed E-state index contributed by atoms with van der Waals surface area (Å²) in [5.41, 5.74) is 0.289. The summed E-state index contributed by atoms with van der Waals surface area (Å²) in [5.74, 6) is -1.31. The molecule has 0 heterocycles. The van der Waals surface area contributed by atoms with Gasteiger partial charge in [-0.05, 0) is 28.1 Å². The SMILES string of the molecule is C=C(C(=O)C=N)C(=O)Nc1ccccc1Br. The zero-order chi connectivity index (χ0) is 12.1. The van der Waals surface area contributed by atoms with Gasteiger partial charge in [0, 0.05) is 4.47 Å². The standard InChI is InChI=1S/C11H9BrN2O2/c1-7(10(15)6-13)11(16)14-9-5-3-2-4-8(9)12/h2-6,13H,1H2,(H,14,16). The van der Waals surface area contributed by atoms with Gasteiger partial charge in [-0.25, -0.2) is 0 Å². The number of hydrogen-bond acceptors (Lipinski definition) is 3. The van der Waals surface area contributed by atoms with Gasteiger partial charge in [-0.15, -0.1) is 0 Å². The molecule has 5 heteroatoms. The van der Waals surface area contributed by atoms with Crippen molar-refractivity contribution in [3.05, 3.63) is 40.9 Å². The van der Waals surface area contributed by atoms with Crippen LogP contribution >= 0.6 is 15.9 Å². The average Bonchev–Trinajstić information content (AvgIpc) is 2.30. The third kappa shape index (κ3) is 2.87. The van der Waals surface area contributed by atoms with Crippen LogP contribution in [0.25, 0.3) is 0 Å². The molecule has 1 rings (SSSR count). The number of anilines is 1. The van der Waals surface area contributed by atoms with Crippen molar-refractivity contribution in [2.75, 3.05) is 5.32 Å². The molecule has 0 spiro atoms. The molecule has 4 nitrogen and oxygen atoms in total. The van der Waals surface area contributed by atoms with E-state index in [1.165, 1.54) is 0 Å². The van der Waals surface area contributed by atoms with Crippen molar-refractivity contribution >= 4 is 39.5 Å². The first kappa shape index (κ1) is 12.3. The number of Topliss-reactive ketones (excluding diaryl/α,β-unsaturated/α-hetero) is 1. The number of hydrogen-bond donors (Lipinski definition) is 2. The van der Waals surface area contributed by atoms with Gasteiger partial charge >= 0.3 is 0 Å². The van der Waals surface area contributed by atoms with E-state index in [0.29, 0.717) is 16.4 Å². The van der Waals surface area contributed by atoms with Crippen LogP contribution in [-0.4, -0.2) is 17.9 Å². The molecule has 0 saturated carbocycles. The molecule has 0 aliphatic rings. The number of benzene rings is 1. The monoisotopic (exact) mass is 280 g/mol. The van der Waals surface area contributed by atoms with Gasteiger partial charge in [0.05, 0.1) is 17.5 Å². The lowest BCUT2D eigenvalue weighted by molar-refractivity contribution is -0.116. The van der Waals surface area contributed by atoms with E-state index in [9.17, 15) is 9.59 Å². The number of carbonyl (C=O) groups is 2. The Kier molecular flexibility index (Phi) is 4.13. The number of ketones is 1. The quantitative estimate of drug-likeness (QED) is 0.384. The highest BCUT2D eigenvalue weighted by atomic mass is 79.9. The second-order valence-electron chi connectivity index (χ2n) is 2.92. The van der Waals surface area contributed by atoms with E-state index in [-0.39, 0.29) is 5.57 Å². The maximum absolute atomic E-state index is 11.5. The summed E-state index contributed by atoms with van der Waals surface area (Å²) in [6.07, 6.45) is 0.557. The Morgan fingerprint density at radius 2 is 2.00 bits per heavy atom. The number of para-hydroxylation sites is 1. The largest absolute Gasteiger partial charge is 0.321 e. The van der Waals surface area contributed by atoms with Crippen molar-refractivity contribution in [1.29, 1.82) is 5.41 Å². The van der Waals surface area contributed by atoms with Gasteiger partial charge < -0.3 is 10.7 Å². The number of carbonyl (C=O) groups excluding carboxylic acids is 2. The van der Waals surface area contributed by atoms with Crippen LogP contribution in [0.5, 0.6) is 0 Å². The predicted octanol–water partition coefficient (Wildman–Crippen LogP) is 2.16. The zero-order valence-corrected chi connectivity index (χ0v) is 9.87. The molecule has 0 radical (unpaired) electrons. The molecule has 1 amide bonds. The summed E-state index contributed by atoms with van der Waals surface area (Å²) in [4.78, 5) is 22.5. The Bertz CT molecular complexity index is 469. The van der Waals surface area contributed by atoms with E-state index in [1.807, 2.05) is 0 Å². The summed E-state index contributed by atoms with van der Waals surface area (Å²) >= 11 is 3.25. The Balaban J connectivity index is 2.80. The Hall–Kier alpha value is -1.75. The molecule has 16 heavy (non-hydrogen) atoms. The highest BCUT2D eigenvalue weighted by Gasteiger charge is 2.14. The molecule has 82 valence electrons. The molecule has 2 N–H and O–H groups in total. The molecule has 0 aliphatic carbocycles. The summed E-state index contributed by atoms with van der Waals surface area (Å²) in [6, 6.07) is 7.00. The first-order valence-corrected chi connectivity index (χ1v) is 5.15. The number of rotatable bonds is 4. The summed E-state index contributed by atoms with van der Waals surface area (Å²) < 4.78 is 0.707. The molecule has 0 aliphatic heterocycles. The van der Waals surface area contributed by atoms with E-state index in [2.05, 4.69) is 27.8 Å². The van der Waals surface area contributed by atoms with Crippen LogP contribution < -0.4 is 5.32 Å². The normalized spacial score (nSPS) is 9.31. The number of halogens is 1. The van der Waals surface area contributed by atoms with Gasteiger partial charge in [0.15, 0.2) is 0 Å². The lowest BCUT2D eigenvalue weighted by Crippen LogP contribution is -2.20. The van der Waals surface area contributed by atoms with E-state index in [0.717, 1.165) is 0 Å². The molecule has 0 atom stereocenters. The van der Waals surface area contributed by atoms with Crippen LogP contribution in [0.1, 0.15) is 0 Å². The first-order valence-electron chi connectivity index (χ1n) is 4.36. The maximum atomic E-state index is 11.5. The van der Waals surface area contributed by atoms with Crippen LogP contribution in [-0.2, 0) is 9.59 Å². The van der Waals surface area contributed by atoms with Crippen molar-refractivity contribution in [3.8, 4) is 0 Å². The van der Waals surface area contributed by atoms with E-state index in [1.54, 1.807) is 24.3 Å².